The van der Waals surface area contributed by atoms with Gasteiger partial charge >= 0.3 is 0 Å². The van der Waals surface area contributed by atoms with Gasteiger partial charge in [0.1, 0.15) is 0 Å². The fourth-order valence-corrected chi connectivity index (χ4v) is 2.34. The molecular weight excluding hydrogens is 220 g/mol. The highest BCUT2D eigenvalue weighted by Crippen LogP contribution is 2.25. The van der Waals surface area contributed by atoms with Gasteiger partial charge in [-0.15, -0.1) is 0 Å². The largest absolute Gasteiger partial charge is 0.334 e. The molecule has 1 N–H and O–H groups in total. The highest BCUT2D eigenvalue weighted by molar-refractivity contribution is 5.21. The third kappa shape index (κ3) is 4.34. The number of rotatable bonds is 8. The predicted molar refractivity (Wildman–Crippen MR) is 80.1 cm³/mol. The first-order valence-corrected chi connectivity index (χ1v) is 7.20. The van der Waals surface area contributed by atoms with Crippen LogP contribution < -0.4 is 5.32 Å². The molecule has 0 aromatic rings. The number of nitrogens with zero attached hydrogens (tertiary/aromatic N) is 1. The van der Waals surface area contributed by atoms with Crippen molar-refractivity contribution < 1.29 is 0 Å². The van der Waals surface area contributed by atoms with Crippen LogP contribution in [0.15, 0.2) is 36.2 Å². The van der Waals surface area contributed by atoms with E-state index in [1.165, 1.54) is 30.7 Å². The van der Waals surface area contributed by atoms with Crippen LogP contribution >= 0.6 is 0 Å². The van der Waals surface area contributed by atoms with Gasteiger partial charge in [-0.25, -0.2) is 0 Å². The summed E-state index contributed by atoms with van der Waals surface area (Å²) in [6.07, 6.45) is 14.1. The van der Waals surface area contributed by atoms with E-state index in [1.54, 1.807) is 0 Å². The van der Waals surface area contributed by atoms with Gasteiger partial charge in [-0.1, -0.05) is 38.5 Å². The van der Waals surface area contributed by atoms with Gasteiger partial charge in [-0.2, -0.15) is 0 Å². The fraction of sp³-hybridized carbons (Fsp3) is 0.625. The fourth-order valence-electron chi connectivity index (χ4n) is 2.34. The Hall–Kier alpha value is -1.02. The molecule has 102 valence electrons. The van der Waals surface area contributed by atoms with E-state index in [0.29, 0.717) is 6.17 Å². The van der Waals surface area contributed by atoms with Crippen LogP contribution in [0.25, 0.3) is 0 Å². The summed E-state index contributed by atoms with van der Waals surface area (Å²) in [6.45, 7) is 8.73. The van der Waals surface area contributed by atoms with Crippen molar-refractivity contribution in [1.82, 2.24) is 10.2 Å². The number of hydrogen-bond donors (Lipinski definition) is 1. The van der Waals surface area contributed by atoms with E-state index in [9.17, 15) is 0 Å². The van der Waals surface area contributed by atoms with Crippen molar-refractivity contribution >= 4 is 0 Å². The molecule has 1 aliphatic rings. The minimum absolute atomic E-state index is 0.317. The van der Waals surface area contributed by atoms with Gasteiger partial charge in [0.25, 0.3) is 0 Å². The predicted octanol–water partition coefficient (Wildman–Crippen LogP) is 4.18. The van der Waals surface area contributed by atoms with E-state index in [0.717, 1.165) is 19.3 Å². The van der Waals surface area contributed by atoms with Crippen molar-refractivity contribution in [1.29, 1.82) is 0 Å². The van der Waals surface area contributed by atoms with Crippen molar-refractivity contribution in [3.05, 3.63) is 36.2 Å². The molecule has 2 heteroatoms. The lowest BCUT2D eigenvalue weighted by Gasteiger charge is -2.35. The topological polar surface area (TPSA) is 15.3 Å². The second kappa shape index (κ2) is 8.15. The zero-order valence-corrected chi connectivity index (χ0v) is 12.2. The Balaban J connectivity index is 2.68. The molecule has 2 nitrogen and oxygen atoms in total. The first-order valence-electron chi connectivity index (χ1n) is 7.20. The number of hydrogen-bond acceptors (Lipinski definition) is 2. The zero-order chi connectivity index (χ0) is 13.4. The van der Waals surface area contributed by atoms with Crippen molar-refractivity contribution in [3.8, 4) is 0 Å². The molecule has 0 saturated heterocycles. The number of allylic oxidation sites excluding steroid dienone is 5. The maximum Gasteiger partial charge on any atom is 0.0807 e. The van der Waals surface area contributed by atoms with Crippen LogP contribution in [0, 0.1) is 0 Å². The zero-order valence-electron chi connectivity index (χ0n) is 12.2. The van der Waals surface area contributed by atoms with Crippen LogP contribution in [-0.2, 0) is 0 Å². The molecule has 0 saturated carbocycles. The molecule has 0 aliphatic heterocycles. The van der Waals surface area contributed by atoms with Gasteiger partial charge in [-0.3, -0.25) is 0 Å². The van der Waals surface area contributed by atoms with Gasteiger partial charge in [0, 0.05) is 11.4 Å². The summed E-state index contributed by atoms with van der Waals surface area (Å²) in [7, 11) is 2.01. The molecule has 1 atom stereocenters. The molecule has 1 aliphatic carbocycles. The average Bonchev–Trinajstić information content (AvgIpc) is 2.40. The maximum absolute atomic E-state index is 4.29. The maximum atomic E-state index is 4.29. The minimum Gasteiger partial charge on any atom is -0.334 e. The SMILES string of the molecule is C=C(CCCCC)N(C1=CC=CCC1)C(C)NC. The Morgan fingerprint density at radius 3 is 2.83 bits per heavy atom. The molecule has 0 fully saturated rings. The van der Waals surface area contributed by atoms with Crippen molar-refractivity contribution in [2.24, 2.45) is 0 Å². The molecule has 0 bridgehead atoms. The number of unbranched alkanes of at least 4 members (excludes halogenated alkanes) is 2. The third-order valence-corrected chi connectivity index (χ3v) is 3.52. The van der Waals surface area contributed by atoms with Gasteiger partial charge < -0.3 is 10.2 Å². The summed E-state index contributed by atoms with van der Waals surface area (Å²) in [5.41, 5.74) is 2.63. The Labute approximate surface area is 112 Å². The van der Waals surface area contributed by atoms with Gasteiger partial charge in [0.15, 0.2) is 0 Å². The summed E-state index contributed by atoms with van der Waals surface area (Å²) >= 11 is 0. The van der Waals surface area contributed by atoms with Crippen LogP contribution in [-0.4, -0.2) is 18.1 Å². The van der Waals surface area contributed by atoms with E-state index < -0.39 is 0 Å². The van der Waals surface area contributed by atoms with E-state index in [-0.39, 0.29) is 0 Å². The van der Waals surface area contributed by atoms with E-state index in [1.807, 2.05) is 7.05 Å². The first-order chi connectivity index (χ1) is 8.70. The highest BCUT2D eigenvalue weighted by atomic mass is 15.3. The molecule has 0 heterocycles. The van der Waals surface area contributed by atoms with Crippen molar-refractivity contribution in [2.45, 2.75) is 58.5 Å². The molecule has 0 aromatic heterocycles. The summed E-state index contributed by atoms with van der Waals surface area (Å²) in [5.74, 6) is 0. The van der Waals surface area contributed by atoms with Gasteiger partial charge in [0.2, 0.25) is 0 Å². The lowest BCUT2D eigenvalue weighted by molar-refractivity contribution is 0.279. The van der Waals surface area contributed by atoms with E-state index in [4.69, 9.17) is 0 Å². The third-order valence-electron chi connectivity index (χ3n) is 3.52. The average molecular weight is 248 g/mol. The Morgan fingerprint density at radius 1 is 1.50 bits per heavy atom. The first kappa shape index (κ1) is 15.0. The van der Waals surface area contributed by atoms with Gasteiger partial charge in [-0.05, 0) is 45.7 Å². The summed E-state index contributed by atoms with van der Waals surface area (Å²) < 4.78 is 0. The van der Waals surface area contributed by atoms with Crippen molar-refractivity contribution in [3.63, 3.8) is 0 Å². The molecule has 18 heavy (non-hydrogen) atoms. The second-order valence-electron chi connectivity index (χ2n) is 4.98. The molecule has 1 unspecified atom stereocenters. The van der Waals surface area contributed by atoms with Crippen molar-refractivity contribution in [2.75, 3.05) is 7.05 Å². The summed E-state index contributed by atoms with van der Waals surface area (Å²) in [6, 6.07) is 0. The quantitative estimate of drug-likeness (QED) is 0.512. The molecule has 0 spiro atoms. The summed E-state index contributed by atoms with van der Waals surface area (Å²) in [5, 5.41) is 3.33. The van der Waals surface area contributed by atoms with Crippen LogP contribution in [0.1, 0.15) is 52.4 Å². The summed E-state index contributed by atoms with van der Waals surface area (Å²) in [4.78, 5) is 2.37. The Bertz CT molecular complexity index is 315. The second-order valence-corrected chi connectivity index (χ2v) is 4.98. The molecule has 0 aromatic carbocycles. The molecular formula is C16H28N2. The van der Waals surface area contributed by atoms with Gasteiger partial charge in [0.05, 0.1) is 6.17 Å². The smallest absolute Gasteiger partial charge is 0.0807 e. The highest BCUT2D eigenvalue weighted by Gasteiger charge is 2.18. The lowest BCUT2D eigenvalue weighted by atomic mass is 10.1. The molecule has 1 rings (SSSR count). The van der Waals surface area contributed by atoms with Crippen LogP contribution in [0.5, 0.6) is 0 Å². The minimum atomic E-state index is 0.317. The van der Waals surface area contributed by atoms with E-state index >= 15 is 0 Å². The monoisotopic (exact) mass is 248 g/mol. The van der Waals surface area contributed by atoms with Crippen LogP contribution in [0.2, 0.25) is 0 Å². The molecule has 0 radical (unpaired) electrons. The van der Waals surface area contributed by atoms with E-state index in [2.05, 4.69) is 48.9 Å². The molecule has 0 amide bonds. The Kier molecular flexibility index (Phi) is 6.81. The lowest BCUT2D eigenvalue weighted by Crippen LogP contribution is -2.40. The number of nitrogens with one attached hydrogen (secondary N) is 1. The van der Waals surface area contributed by atoms with Crippen LogP contribution in [0.3, 0.4) is 0 Å². The Morgan fingerprint density at radius 2 is 2.28 bits per heavy atom. The standard InChI is InChI=1S/C16H28N2/c1-5-6-8-11-14(2)18(15(3)17-4)16-12-9-7-10-13-16/h7,9,12,15,17H,2,5-6,8,10-11,13H2,1,3-4H3. The van der Waals surface area contributed by atoms with Crippen LogP contribution in [0.4, 0.5) is 0 Å². The normalized spacial score (nSPS) is 16.3.